The van der Waals surface area contributed by atoms with Crippen LogP contribution < -0.4 is 5.76 Å². The number of hydrogen-bond acceptors (Lipinski definition) is 4. The number of rotatable bonds is 8. The highest BCUT2D eigenvalue weighted by Gasteiger charge is 2.25. The van der Waals surface area contributed by atoms with Gasteiger partial charge in [-0.25, -0.2) is 17.8 Å². The van der Waals surface area contributed by atoms with Crippen LogP contribution >= 0.6 is 0 Å². The van der Waals surface area contributed by atoms with E-state index in [9.17, 15) is 13.2 Å². The van der Waals surface area contributed by atoms with Crippen molar-refractivity contribution in [2.75, 3.05) is 0 Å². The molecule has 0 aliphatic carbocycles. The van der Waals surface area contributed by atoms with E-state index in [1.165, 1.54) is 15.1 Å². The Morgan fingerprint density at radius 3 is 1.81 bits per heavy atom. The van der Waals surface area contributed by atoms with Crippen molar-refractivity contribution in [2.45, 2.75) is 24.9 Å². The van der Waals surface area contributed by atoms with E-state index < -0.39 is 15.8 Å². The highest BCUT2D eigenvalue weighted by molar-refractivity contribution is 7.89. The molecule has 0 saturated carbocycles. The van der Waals surface area contributed by atoms with Gasteiger partial charge in [-0.3, -0.25) is 0 Å². The Kier molecular flexibility index (Phi) is 6.90. The van der Waals surface area contributed by atoms with E-state index in [0.717, 1.165) is 16.7 Å². The number of aryl methyl sites for hydroxylation is 1. The Morgan fingerprint density at radius 1 is 0.730 bits per heavy atom. The predicted molar refractivity (Wildman–Crippen MR) is 144 cm³/mol. The van der Waals surface area contributed by atoms with Crippen LogP contribution in [0.5, 0.6) is 0 Å². The molecule has 0 spiro atoms. The summed E-state index contributed by atoms with van der Waals surface area (Å²) in [6.45, 7) is 2.46. The topological polar surface area (TPSA) is 72.5 Å². The van der Waals surface area contributed by atoms with Crippen LogP contribution in [0, 0.1) is 6.92 Å². The molecule has 0 amide bonds. The molecular formula is C30H26N2O4S. The number of hydrogen-bond donors (Lipinski definition) is 0. The summed E-state index contributed by atoms with van der Waals surface area (Å²) >= 11 is 0. The van der Waals surface area contributed by atoms with E-state index in [1.54, 1.807) is 24.3 Å². The van der Waals surface area contributed by atoms with Gasteiger partial charge in [-0.05, 0) is 42.3 Å². The molecule has 0 radical (unpaired) electrons. The predicted octanol–water partition coefficient (Wildman–Crippen LogP) is 5.80. The molecular weight excluding hydrogens is 484 g/mol. The molecule has 5 aromatic rings. The summed E-state index contributed by atoms with van der Waals surface area (Å²) in [5, 5.41) is 0. The fourth-order valence-corrected chi connectivity index (χ4v) is 5.61. The van der Waals surface area contributed by atoms with Crippen LogP contribution in [0.25, 0.3) is 16.9 Å². The third-order valence-corrected chi connectivity index (χ3v) is 7.98. The van der Waals surface area contributed by atoms with Crippen molar-refractivity contribution in [1.82, 2.24) is 8.87 Å². The second-order valence-electron chi connectivity index (χ2n) is 8.83. The molecule has 37 heavy (non-hydrogen) atoms. The lowest BCUT2D eigenvalue weighted by molar-refractivity contribution is 0.401. The summed E-state index contributed by atoms with van der Waals surface area (Å²) in [5.41, 5.74) is 4.77. The van der Waals surface area contributed by atoms with E-state index in [1.807, 2.05) is 91.9 Å². The van der Waals surface area contributed by atoms with Crippen molar-refractivity contribution in [1.29, 1.82) is 0 Å². The van der Waals surface area contributed by atoms with Gasteiger partial charge in [-0.15, -0.1) is 0 Å². The molecule has 7 heteroatoms. The Morgan fingerprint density at radius 2 is 1.27 bits per heavy atom. The van der Waals surface area contributed by atoms with Crippen LogP contribution in [-0.2, 0) is 23.1 Å². The van der Waals surface area contributed by atoms with Crippen molar-refractivity contribution in [3.8, 4) is 16.9 Å². The van der Waals surface area contributed by atoms with Gasteiger partial charge in [0.1, 0.15) is 6.26 Å². The third kappa shape index (κ3) is 5.33. The Hall–Kier alpha value is -4.20. The summed E-state index contributed by atoms with van der Waals surface area (Å²) in [6, 6.07) is 33.2. The van der Waals surface area contributed by atoms with Crippen LogP contribution in [0.4, 0.5) is 0 Å². The molecule has 0 saturated heterocycles. The zero-order valence-corrected chi connectivity index (χ0v) is 21.1. The standard InChI is InChI=1S/C30H26N2O4S/c1-23-12-16-27(17-13-23)32-29(22-36-30(32)33)26-14-18-28(19-15-26)37(34,35)31(20-24-8-4-2-5-9-24)21-25-10-6-3-7-11-25/h2-19,22H,20-21H2,1H3. The van der Waals surface area contributed by atoms with Gasteiger partial charge in [0, 0.05) is 18.7 Å². The average molecular weight is 511 g/mol. The molecule has 5 rings (SSSR count). The molecule has 1 heterocycles. The molecule has 4 aromatic carbocycles. The SMILES string of the molecule is Cc1ccc(-n2c(-c3ccc(S(=O)(=O)N(Cc4ccccc4)Cc4ccccc4)cc3)coc2=O)cc1. The zero-order chi connectivity index (χ0) is 25.8. The van der Waals surface area contributed by atoms with E-state index in [0.29, 0.717) is 16.9 Å². The Balaban J connectivity index is 1.48. The number of benzene rings is 4. The molecule has 6 nitrogen and oxygen atoms in total. The maximum Gasteiger partial charge on any atom is 0.424 e. The summed E-state index contributed by atoms with van der Waals surface area (Å²) in [7, 11) is -3.82. The number of aromatic nitrogens is 1. The van der Waals surface area contributed by atoms with Gasteiger partial charge in [-0.1, -0.05) is 90.5 Å². The summed E-state index contributed by atoms with van der Waals surface area (Å²) in [5.74, 6) is -0.507. The van der Waals surface area contributed by atoms with Gasteiger partial charge in [0.05, 0.1) is 16.3 Å². The smallest absolute Gasteiger partial charge is 0.415 e. The van der Waals surface area contributed by atoms with Crippen molar-refractivity contribution in [2.24, 2.45) is 0 Å². The molecule has 0 unspecified atom stereocenters. The van der Waals surface area contributed by atoms with Crippen molar-refractivity contribution in [3.05, 3.63) is 143 Å². The molecule has 0 fully saturated rings. The molecule has 0 atom stereocenters. The fourth-order valence-electron chi connectivity index (χ4n) is 4.19. The summed E-state index contributed by atoms with van der Waals surface area (Å²) in [4.78, 5) is 12.6. The highest BCUT2D eigenvalue weighted by atomic mass is 32.2. The van der Waals surface area contributed by atoms with Gasteiger partial charge < -0.3 is 4.42 Å². The van der Waals surface area contributed by atoms with Crippen LogP contribution in [0.2, 0.25) is 0 Å². The normalized spacial score (nSPS) is 11.6. The second kappa shape index (κ2) is 10.4. The van der Waals surface area contributed by atoms with Crippen LogP contribution in [0.15, 0.2) is 130 Å². The zero-order valence-electron chi connectivity index (χ0n) is 20.3. The third-order valence-electron chi connectivity index (χ3n) is 6.18. The van der Waals surface area contributed by atoms with E-state index in [4.69, 9.17) is 4.42 Å². The summed E-state index contributed by atoms with van der Waals surface area (Å²) in [6.07, 6.45) is 1.39. The molecule has 0 bridgehead atoms. The van der Waals surface area contributed by atoms with Gasteiger partial charge in [0.15, 0.2) is 0 Å². The Bertz CT molecular complexity index is 1600. The first kappa shape index (κ1) is 24.5. The van der Waals surface area contributed by atoms with Crippen LogP contribution in [-0.4, -0.2) is 17.3 Å². The van der Waals surface area contributed by atoms with E-state index in [-0.39, 0.29) is 18.0 Å². The first-order valence-electron chi connectivity index (χ1n) is 11.9. The molecule has 186 valence electrons. The van der Waals surface area contributed by atoms with Gasteiger partial charge >= 0.3 is 5.76 Å². The minimum Gasteiger partial charge on any atom is -0.415 e. The molecule has 0 aliphatic rings. The fraction of sp³-hybridized carbons (Fsp3) is 0.100. The quantitative estimate of drug-likeness (QED) is 0.265. The highest BCUT2D eigenvalue weighted by Crippen LogP contribution is 2.26. The molecule has 1 aromatic heterocycles. The molecule has 0 N–H and O–H groups in total. The number of sulfonamides is 1. The minimum atomic E-state index is -3.82. The van der Waals surface area contributed by atoms with E-state index >= 15 is 0 Å². The van der Waals surface area contributed by atoms with Gasteiger partial charge in [0.2, 0.25) is 10.0 Å². The lowest BCUT2D eigenvalue weighted by Crippen LogP contribution is -2.30. The maximum absolute atomic E-state index is 13.8. The maximum atomic E-state index is 13.8. The van der Waals surface area contributed by atoms with Crippen molar-refractivity contribution >= 4 is 10.0 Å². The monoisotopic (exact) mass is 510 g/mol. The Labute approximate surface area is 216 Å². The molecule has 0 aliphatic heterocycles. The first-order chi connectivity index (χ1) is 17.9. The van der Waals surface area contributed by atoms with Crippen molar-refractivity contribution < 1.29 is 12.8 Å². The number of oxazole rings is 1. The van der Waals surface area contributed by atoms with E-state index in [2.05, 4.69) is 0 Å². The number of nitrogens with zero attached hydrogens (tertiary/aromatic N) is 2. The largest absolute Gasteiger partial charge is 0.424 e. The second-order valence-corrected chi connectivity index (χ2v) is 10.8. The first-order valence-corrected chi connectivity index (χ1v) is 13.3. The van der Waals surface area contributed by atoms with Crippen LogP contribution in [0.1, 0.15) is 16.7 Å². The lowest BCUT2D eigenvalue weighted by atomic mass is 10.1. The van der Waals surface area contributed by atoms with Crippen molar-refractivity contribution in [3.63, 3.8) is 0 Å². The van der Waals surface area contributed by atoms with Gasteiger partial charge in [-0.2, -0.15) is 4.31 Å². The van der Waals surface area contributed by atoms with Crippen LogP contribution in [0.3, 0.4) is 0 Å². The average Bonchev–Trinajstić information content (AvgIpc) is 3.31. The van der Waals surface area contributed by atoms with Gasteiger partial charge in [0.25, 0.3) is 0 Å². The summed E-state index contributed by atoms with van der Waals surface area (Å²) < 4.78 is 35.7. The minimum absolute atomic E-state index is 0.177. The lowest BCUT2D eigenvalue weighted by Gasteiger charge is -2.23.